The number of rotatable bonds is 7. The molecule has 0 amide bonds. The van der Waals surface area contributed by atoms with E-state index in [9.17, 15) is 4.39 Å². The zero-order valence-corrected chi connectivity index (χ0v) is 14.4. The molecule has 26 heavy (non-hydrogen) atoms. The number of anilines is 3. The second kappa shape index (κ2) is 8.11. The van der Waals surface area contributed by atoms with E-state index < -0.39 is 0 Å². The smallest absolute Gasteiger partial charge is 0.249 e. The van der Waals surface area contributed by atoms with E-state index in [2.05, 4.69) is 25.8 Å². The van der Waals surface area contributed by atoms with Crippen LogP contribution in [0.25, 0.3) is 0 Å². The second-order valence-corrected chi connectivity index (χ2v) is 5.34. The normalized spacial score (nSPS) is 10.3. The van der Waals surface area contributed by atoms with E-state index in [0.717, 1.165) is 5.56 Å². The van der Waals surface area contributed by atoms with Crippen LogP contribution in [-0.2, 0) is 6.54 Å². The lowest BCUT2D eigenvalue weighted by Gasteiger charge is -2.12. The van der Waals surface area contributed by atoms with Gasteiger partial charge in [-0.25, -0.2) is 4.39 Å². The van der Waals surface area contributed by atoms with Crippen LogP contribution in [0.15, 0.2) is 48.7 Å². The Morgan fingerprint density at radius 2 is 1.85 bits per heavy atom. The monoisotopic (exact) mass is 355 g/mol. The highest BCUT2D eigenvalue weighted by Gasteiger charge is 2.08. The van der Waals surface area contributed by atoms with Gasteiger partial charge in [0.1, 0.15) is 17.3 Å². The molecule has 3 aromatic rings. The van der Waals surface area contributed by atoms with Crippen LogP contribution in [0.4, 0.5) is 21.8 Å². The molecule has 0 unspecified atom stereocenters. The van der Waals surface area contributed by atoms with Crippen LogP contribution in [-0.4, -0.2) is 29.4 Å². The molecule has 3 rings (SSSR count). The summed E-state index contributed by atoms with van der Waals surface area (Å²) in [6, 6.07) is 11.6. The third-order valence-corrected chi connectivity index (χ3v) is 3.60. The standard InChI is InChI=1S/C18H18FN5O2/c1-25-14-7-8-16(26-2)15(9-14)22-18-23-17(11-21-24-18)20-10-12-3-5-13(19)6-4-12/h3-9,11H,10H2,1-2H3,(H2,20,22,23,24). The predicted molar refractivity (Wildman–Crippen MR) is 96.4 cm³/mol. The SMILES string of the molecule is COc1ccc(OC)c(Nc2nncc(NCc3ccc(F)cc3)n2)c1. The van der Waals surface area contributed by atoms with Gasteiger partial charge in [0, 0.05) is 12.6 Å². The molecule has 0 saturated carbocycles. The highest BCUT2D eigenvalue weighted by atomic mass is 19.1. The van der Waals surface area contributed by atoms with Gasteiger partial charge in [-0.3, -0.25) is 0 Å². The Morgan fingerprint density at radius 1 is 1.04 bits per heavy atom. The number of hydrogen-bond acceptors (Lipinski definition) is 7. The number of methoxy groups -OCH3 is 2. The topological polar surface area (TPSA) is 81.2 Å². The van der Waals surface area contributed by atoms with Crippen molar-refractivity contribution in [2.24, 2.45) is 0 Å². The van der Waals surface area contributed by atoms with Crippen molar-refractivity contribution in [1.29, 1.82) is 0 Å². The van der Waals surface area contributed by atoms with Crippen molar-refractivity contribution >= 4 is 17.5 Å². The third-order valence-electron chi connectivity index (χ3n) is 3.60. The Hall–Kier alpha value is -3.42. The van der Waals surface area contributed by atoms with Crippen molar-refractivity contribution in [3.05, 3.63) is 60.0 Å². The largest absolute Gasteiger partial charge is 0.497 e. The molecule has 1 aromatic heterocycles. The molecule has 1 heterocycles. The van der Waals surface area contributed by atoms with Gasteiger partial charge in [0.15, 0.2) is 5.82 Å². The molecule has 8 heteroatoms. The van der Waals surface area contributed by atoms with Gasteiger partial charge in [-0.05, 0) is 29.8 Å². The average molecular weight is 355 g/mol. The van der Waals surface area contributed by atoms with Crippen LogP contribution in [0.5, 0.6) is 11.5 Å². The summed E-state index contributed by atoms with van der Waals surface area (Å²) in [5.41, 5.74) is 1.58. The van der Waals surface area contributed by atoms with E-state index in [1.54, 1.807) is 44.6 Å². The molecular formula is C18H18FN5O2. The molecule has 0 atom stereocenters. The van der Waals surface area contributed by atoms with Crippen LogP contribution in [0.2, 0.25) is 0 Å². The number of nitrogens with zero attached hydrogens (tertiary/aromatic N) is 3. The van der Waals surface area contributed by atoms with Crippen LogP contribution >= 0.6 is 0 Å². The summed E-state index contributed by atoms with van der Waals surface area (Å²) in [5.74, 6) is 1.87. The number of aromatic nitrogens is 3. The molecule has 134 valence electrons. The van der Waals surface area contributed by atoms with Crippen LogP contribution in [0.1, 0.15) is 5.56 Å². The molecule has 7 nitrogen and oxygen atoms in total. The van der Waals surface area contributed by atoms with Crippen molar-refractivity contribution in [3.8, 4) is 11.5 Å². The van der Waals surface area contributed by atoms with Crippen molar-refractivity contribution in [1.82, 2.24) is 15.2 Å². The first-order valence-electron chi connectivity index (χ1n) is 7.85. The molecule has 2 aromatic carbocycles. The molecule has 0 bridgehead atoms. The summed E-state index contributed by atoms with van der Waals surface area (Å²) in [6.45, 7) is 0.487. The minimum absolute atomic E-state index is 0.267. The van der Waals surface area contributed by atoms with Crippen LogP contribution in [0, 0.1) is 5.82 Å². The highest BCUT2D eigenvalue weighted by Crippen LogP contribution is 2.30. The molecule has 0 aliphatic carbocycles. The zero-order chi connectivity index (χ0) is 18.4. The van der Waals surface area contributed by atoms with Crippen molar-refractivity contribution in [3.63, 3.8) is 0 Å². The molecule has 0 aliphatic heterocycles. The summed E-state index contributed by atoms with van der Waals surface area (Å²) >= 11 is 0. The maximum atomic E-state index is 12.9. The van der Waals surface area contributed by atoms with Crippen LogP contribution < -0.4 is 20.1 Å². The lowest BCUT2D eigenvalue weighted by Crippen LogP contribution is -2.06. The molecule has 0 aliphatic rings. The minimum Gasteiger partial charge on any atom is -0.497 e. The molecule has 0 radical (unpaired) electrons. The minimum atomic E-state index is -0.267. The van der Waals surface area contributed by atoms with E-state index in [1.165, 1.54) is 18.3 Å². The zero-order valence-electron chi connectivity index (χ0n) is 14.4. The predicted octanol–water partition coefficient (Wildman–Crippen LogP) is 3.38. The van der Waals surface area contributed by atoms with E-state index in [4.69, 9.17) is 9.47 Å². The Morgan fingerprint density at radius 3 is 2.58 bits per heavy atom. The maximum absolute atomic E-state index is 12.9. The van der Waals surface area contributed by atoms with Crippen molar-refractivity contribution < 1.29 is 13.9 Å². The summed E-state index contributed by atoms with van der Waals surface area (Å²) in [7, 11) is 3.16. The lowest BCUT2D eigenvalue weighted by atomic mass is 10.2. The van der Waals surface area contributed by atoms with E-state index in [0.29, 0.717) is 35.5 Å². The van der Waals surface area contributed by atoms with Gasteiger partial charge in [0.05, 0.1) is 26.1 Å². The molecule has 0 spiro atoms. The fourth-order valence-corrected chi connectivity index (χ4v) is 2.27. The first kappa shape index (κ1) is 17.4. The molecular weight excluding hydrogens is 337 g/mol. The number of halogens is 1. The van der Waals surface area contributed by atoms with Gasteiger partial charge >= 0.3 is 0 Å². The summed E-state index contributed by atoms with van der Waals surface area (Å²) in [5, 5.41) is 14.1. The molecule has 0 saturated heterocycles. The van der Waals surface area contributed by atoms with Crippen LogP contribution in [0.3, 0.4) is 0 Å². The maximum Gasteiger partial charge on any atom is 0.249 e. The van der Waals surface area contributed by atoms with E-state index >= 15 is 0 Å². The summed E-state index contributed by atoms with van der Waals surface area (Å²) in [4.78, 5) is 4.37. The lowest BCUT2D eigenvalue weighted by molar-refractivity contribution is 0.405. The fourth-order valence-electron chi connectivity index (χ4n) is 2.27. The van der Waals surface area contributed by atoms with Gasteiger partial charge in [0.2, 0.25) is 5.95 Å². The third kappa shape index (κ3) is 4.35. The molecule has 0 fully saturated rings. The Balaban J connectivity index is 1.72. The summed E-state index contributed by atoms with van der Waals surface area (Å²) < 4.78 is 23.5. The average Bonchev–Trinajstić information content (AvgIpc) is 2.68. The number of hydrogen-bond donors (Lipinski definition) is 2. The number of nitrogens with one attached hydrogen (secondary N) is 2. The van der Waals surface area contributed by atoms with E-state index in [1.807, 2.05) is 0 Å². The summed E-state index contributed by atoms with van der Waals surface area (Å²) in [6.07, 6.45) is 1.51. The molecule has 2 N–H and O–H groups in total. The van der Waals surface area contributed by atoms with Gasteiger partial charge in [-0.15, -0.1) is 5.10 Å². The highest BCUT2D eigenvalue weighted by molar-refractivity contribution is 5.65. The Labute approximate surface area is 150 Å². The first-order chi connectivity index (χ1) is 12.7. The van der Waals surface area contributed by atoms with Crippen molar-refractivity contribution in [2.45, 2.75) is 6.54 Å². The number of benzene rings is 2. The van der Waals surface area contributed by atoms with Gasteiger partial charge in [0.25, 0.3) is 0 Å². The van der Waals surface area contributed by atoms with Gasteiger partial charge in [-0.1, -0.05) is 12.1 Å². The quantitative estimate of drug-likeness (QED) is 0.672. The first-order valence-corrected chi connectivity index (χ1v) is 7.85. The van der Waals surface area contributed by atoms with Gasteiger partial charge in [-0.2, -0.15) is 10.1 Å². The fraction of sp³-hybridized carbons (Fsp3) is 0.167. The Kier molecular flexibility index (Phi) is 5.43. The van der Waals surface area contributed by atoms with Crippen molar-refractivity contribution in [2.75, 3.05) is 24.9 Å². The second-order valence-electron chi connectivity index (χ2n) is 5.34. The van der Waals surface area contributed by atoms with E-state index in [-0.39, 0.29) is 5.82 Å². The van der Waals surface area contributed by atoms with Gasteiger partial charge < -0.3 is 20.1 Å². The number of ether oxygens (including phenoxy) is 2. The Bertz CT molecular complexity index is 874.